The molecule has 2 aromatic carbocycles. The van der Waals surface area contributed by atoms with Crippen LogP contribution in [0.3, 0.4) is 0 Å². The normalized spacial score (nSPS) is 15.2. The molecule has 1 fully saturated rings. The molecule has 152 valence electrons. The van der Waals surface area contributed by atoms with E-state index in [0.717, 1.165) is 32.7 Å². The highest BCUT2D eigenvalue weighted by molar-refractivity contribution is 9.10. The van der Waals surface area contributed by atoms with E-state index in [2.05, 4.69) is 25.8 Å². The molecule has 2 heterocycles. The number of halogens is 2. The van der Waals surface area contributed by atoms with E-state index in [0.29, 0.717) is 5.02 Å². The Bertz CT molecular complexity index is 1160. The standard InChI is InChI=1S/C23H19BrClN3O2/c1-14-11-17(15(2)28(14)20-9-5-18(24)6-10-20)12-21-22(29)27(23(30)26-21)13-16-3-7-19(25)8-4-16/h3-12H,13H2,1-2H3,(H,26,30)/b21-12+. The molecule has 0 unspecified atom stereocenters. The predicted octanol–water partition coefficient (Wildman–Crippen LogP) is 5.60. The first kappa shape index (κ1) is 20.4. The van der Waals surface area contributed by atoms with E-state index in [1.165, 1.54) is 4.90 Å². The van der Waals surface area contributed by atoms with Crippen molar-refractivity contribution < 1.29 is 9.59 Å². The van der Waals surface area contributed by atoms with Crippen molar-refractivity contribution in [3.05, 3.63) is 92.3 Å². The van der Waals surface area contributed by atoms with Gasteiger partial charge in [0.15, 0.2) is 0 Å². The molecular weight excluding hydrogens is 466 g/mol. The summed E-state index contributed by atoms with van der Waals surface area (Å²) >= 11 is 9.36. The number of hydrogen-bond acceptors (Lipinski definition) is 2. The topological polar surface area (TPSA) is 54.3 Å². The fourth-order valence-corrected chi connectivity index (χ4v) is 3.95. The number of hydrogen-bond donors (Lipinski definition) is 1. The van der Waals surface area contributed by atoms with E-state index >= 15 is 0 Å². The molecule has 0 aliphatic carbocycles. The molecule has 0 radical (unpaired) electrons. The number of carbonyl (C=O) groups excluding carboxylic acids is 2. The van der Waals surface area contributed by atoms with Crippen LogP contribution in [0.25, 0.3) is 11.8 Å². The van der Waals surface area contributed by atoms with Crippen molar-refractivity contribution in [2.45, 2.75) is 20.4 Å². The number of nitrogens with one attached hydrogen (secondary N) is 1. The summed E-state index contributed by atoms with van der Waals surface area (Å²) < 4.78 is 3.13. The molecular formula is C23H19BrClN3O2. The number of rotatable bonds is 4. The molecule has 1 aliphatic rings. The van der Waals surface area contributed by atoms with Crippen molar-refractivity contribution in [3.8, 4) is 5.69 Å². The van der Waals surface area contributed by atoms with Gasteiger partial charge in [-0.3, -0.25) is 9.69 Å². The lowest BCUT2D eigenvalue weighted by Crippen LogP contribution is -2.30. The van der Waals surface area contributed by atoms with Crippen LogP contribution in [0.2, 0.25) is 5.02 Å². The Kier molecular flexibility index (Phi) is 5.54. The van der Waals surface area contributed by atoms with Crippen molar-refractivity contribution in [2.75, 3.05) is 0 Å². The third-order valence-electron chi connectivity index (χ3n) is 5.07. The van der Waals surface area contributed by atoms with E-state index in [4.69, 9.17) is 11.6 Å². The molecule has 1 saturated heterocycles. The largest absolute Gasteiger partial charge is 0.329 e. The number of amides is 3. The Morgan fingerprint density at radius 1 is 1.03 bits per heavy atom. The van der Waals surface area contributed by atoms with Crippen molar-refractivity contribution >= 4 is 45.5 Å². The molecule has 3 amide bonds. The molecule has 4 rings (SSSR count). The first-order valence-electron chi connectivity index (χ1n) is 9.37. The Labute approximate surface area is 188 Å². The highest BCUT2D eigenvalue weighted by atomic mass is 79.9. The fraction of sp³-hybridized carbons (Fsp3) is 0.130. The summed E-state index contributed by atoms with van der Waals surface area (Å²) in [5, 5.41) is 3.30. The lowest BCUT2D eigenvalue weighted by atomic mass is 10.2. The summed E-state index contributed by atoms with van der Waals surface area (Å²) in [4.78, 5) is 26.4. The van der Waals surface area contributed by atoms with Gasteiger partial charge in [-0.15, -0.1) is 0 Å². The van der Waals surface area contributed by atoms with Gasteiger partial charge in [-0.2, -0.15) is 0 Å². The van der Waals surface area contributed by atoms with Crippen LogP contribution in [0.1, 0.15) is 22.5 Å². The minimum Gasteiger partial charge on any atom is -0.318 e. The number of imide groups is 1. The van der Waals surface area contributed by atoms with E-state index in [1.54, 1.807) is 30.3 Å². The van der Waals surface area contributed by atoms with E-state index < -0.39 is 6.03 Å². The summed E-state index contributed by atoms with van der Waals surface area (Å²) in [6.07, 6.45) is 1.74. The van der Waals surface area contributed by atoms with Gasteiger partial charge in [0.2, 0.25) is 0 Å². The number of aromatic nitrogens is 1. The number of urea groups is 1. The van der Waals surface area contributed by atoms with Crippen molar-refractivity contribution in [3.63, 3.8) is 0 Å². The van der Waals surface area contributed by atoms with Crippen molar-refractivity contribution in [2.24, 2.45) is 0 Å². The van der Waals surface area contributed by atoms with E-state index in [1.807, 2.05) is 44.2 Å². The molecule has 3 aromatic rings. The van der Waals surface area contributed by atoms with Gasteiger partial charge in [-0.25, -0.2) is 4.79 Å². The Morgan fingerprint density at radius 3 is 2.37 bits per heavy atom. The van der Waals surface area contributed by atoms with Crippen molar-refractivity contribution in [1.29, 1.82) is 0 Å². The molecule has 1 aromatic heterocycles. The zero-order valence-corrected chi connectivity index (χ0v) is 18.8. The van der Waals surface area contributed by atoms with Gasteiger partial charge in [0, 0.05) is 26.6 Å². The summed E-state index contributed by atoms with van der Waals surface area (Å²) in [5.41, 5.74) is 5.04. The molecule has 0 atom stereocenters. The van der Waals surface area contributed by atoms with Gasteiger partial charge in [0.25, 0.3) is 5.91 Å². The minimum absolute atomic E-state index is 0.192. The first-order valence-corrected chi connectivity index (χ1v) is 10.5. The number of nitrogens with zero attached hydrogens (tertiary/aromatic N) is 2. The Balaban J connectivity index is 1.61. The average molecular weight is 485 g/mol. The average Bonchev–Trinajstić information content (AvgIpc) is 3.14. The highest BCUT2D eigenvalue weighted by Gasteiger charge is 2.33. The van der Waals surface area contributed by atoms with Gasteiger partial charge >= 0.3 is 6.03 Å². The molecule has 30 heavy (non-hydrogen) atoms. The fourth-order valence-electron chi connectivity index (χ4n) is 3.56. The summed E-state index contributed by atoms with van der Waals surface area (Å²) in [6.45, 7) is 4.20. The molecule has 0 saturated carbocycles. The zero-order chi connectivity index (χ0) is 21.4. The maximum atomic E-state index is 12.8. The molecule has 1 N–H and O–H groups in total. The van der Waals surface area contributed by atoms with Crippen LogP contribution in [0, 0.1) is 13.8 Å². The van der Waals surface area contributed by atoms with Gasteiger partial charge in [0.1, 0.15) is 5.70 Å². The third-order valence-corrected chi connectivity index (χ3v) is 5.85. The van der Waals surface area contributed by atoms with Crippen LogP contribution in [0.5, 0.6) is 0 Å². The van der Waals surface area contributed by atoms with Crippen LogP contribution >= 0.6 is 27.5 Å². The Hall–Kier alpha value is -2.83. The van der Waals surface area contributed by atoms with Crippen LogP contribution in [0.4, 0.5) is 4.79 Å². The molecule has 0 spiro atoms. The first-order chi connectivity index (χ1) is 14.3. The predicted molar refractivity (Wildman–Crippen MR) is 121 cm³/mol. The molecule has 7 heteroatoms. The molecule has 1 aliphatic heterocycles. The van der Waals surface area contributed by atoms with E-state index in [-0.39, 0.29) is 18.1 Å². The van der Waals surface area contributed by atoms with Gasteiger partial charge in [-0.05, 0) is 73.5 Å². The maximum Gasteiger partial charge on any atom is 0.329 e. The number of carbonyl (C=O) groups is 2. The summed E-state index contributed by atoms with van der Waals surface area (Å²) in [6, 6.07) is 16.7. The quantitative estimate of drug-likeness (QED) is 0.387. The second-order valence-electron chi connectivity index (χ2n) is 7.14. The van der Waals surface area contributed by atoms with Crippen LogP contribution < -0.4 is 5.32 Å². The highest BCUT2D eigenvalue weighted by Crippen LogP contribution is 2.25. The Morgan fingerprint density at radius 2 is 1.70 bits per heavy atom. The number of aryl methyl sites for hydroxylation is 1. The van der Waals surface area contributed by atoms with Gasteiger partial charge < -0.3 is 9.88 Å². The lowest BCUT2D eigenvalue weighted by Gasteiger charge is -2.11. The van der Waals surface area contributed by atoms with Gasteiger partial charge in [-0.1, -0.05) is 39.7 Å². The summed E-state index contributed by atoms with van der Waals surface area (Å²) in [7, 11) is 0. The second kappa shape index (κ2) is 8.13. The maximum absolute atomic E-state index is 12.8. The van der Waals surface area contributed by atoms with Crippen LogP contribution in [0.15, 0.2) is 64.8 Å². The van der Waals surface area contributed by atoms with Crippen LogP contribution in [-0.2, 0) is 11.3 Å². The van der Waals surface area contributed by atoms with E-state index in [9.17, 15) is 9.59 Å². The smallest absolute Gasteiger partial charge is 0.318 e. The van der Waals surface area contributed by atoms with Crippen LogP contribution in [-0.4, -0.2) is 21.4 Å². The second-order valence-corrected chi connectivity index (χ2v) is 8.50. The minimum atomic E-state index is -0.428. The monoisotopic (exact) mass is 483 g/mol. The molecule has 5 nitrogen and oxygen atoms in total. The lowest BCUT2D eigenvalue weighted by molar-refractivity contribution is -0.123. The summed E-state index contributed by atoms with van der Waals surface area (Å²) in [5.74, 6) is -0.344. The van der Waals surface area contributed by atoms with Gasteiger partial charge in [0.05, 0.1) is 6.54 Å². The SMILES string of the molecule is Cc1cc(/C=C2/NC(=O)N(Cc3ccc(Cl)cc3)C2=O)c(C)n1-c1ccc(Br)cc1. The number of benzene rings is 2. The molecule has 0 bridgehead atoms. The third kappa shape index (κ3) is 3.93. The van der Waals surface area contributed by atoms with Crippen molar-refractivity contribution in [1.82, 2.24) is 14.8 Å². The zero-order valence-electron chi connectivity index (χ0n) is 16.4.